The lowest BCUT2D eigenvalue weighted by Gasteiger charge is -2.27. The molecular formula is C23H23ClN2O6S2. The minimum atomic E-state index is -3.25. The number of aliphatic imine (C=N–C) groups is 1. The standard InChI is InChI=1S/C23H23ClN2O6S2/c1-14-4-2-5-16(10-14)32-19-9-8-15(24)11-17(19)26-18-12-34(30,31)13-20(18)33-23(26)25-21(27)6-3-7-22(28)29/h2,4-5,8-11,18,20H,3,6-7,12-13H2,1H3,(H,28,29). The lowest BCUT2D eigenvalue weighted by atomic mass is 10.2. The van der Waals surface area contributed by atoms with Gasteiger partial charge >= 0.3 is 5.97 Å². The number of anilines is 1. The number of rotatable bonds is 7. The number of amides is 1. The van der Waals surface area contributed by atoms with Crippen molar-refractivity contribution in [2.75, 3.05) is 16.4 Å². The smallest absolute Gasteiger partial charge is 0.303 e. The van der Waals surface area contributed by atoms with Gasteiger partial charge in [0.15, 0.2) is 20.8 Å². The predicted molar refractivity (Wildman–Crippen MR) is 133 cm³/mol. The average molecular weight is 523 g/mol. The number of hydrogen-bond donors (Lipinski definition) is 1. The van der Waals surface area contributed by atoms with Crippen LogP contribution >= 0.6 is 23.4 Å². The zero-order valence-electron chi connectivity index (χ0n) is 18.3. The maximum Gasteiger partial charge on any atom is 0.303 e. The van der Waals surface area contributed by atoms with Crippen LogP contribution in [-0.4, -0.2) is 53.4 Å². The van der Waals surface area contributed by atoms with Crippen LogP contribution in [0, 0.1) is 6.92 Å². The van der Waals surface area contributed by atoms with Crippen molar-refractivity contribution in [1.29, 1.82) is 0 Å². The molecule has 34 heavy (non-hydrogen) atoms. The SMILES string of the molecule is Cc1cccc(Oc2ccc(Cl)cc2N2C(=NC(=O)CCCC(=O)O)SC3CS(=O)(=O)CC32)c1. The van der Waals surface area contributed by atoms with Crippen LogP contribution in [0.4, 0.5) is 5.69 Å². The first-order valence-corrected chi connectivity index (χ1v) is 13.7. The second-order valence-electron chi connectivity index (χ2n) is 8.24. The maximum absolute atomic E-state index is 12.5. The van der Waals surface area contributed by atoms with Gasteiger partial charge in [0.1, 0.15) is 5.75 Å². The topological polar surface area (TPSA) is 113 Å². The molecule has 4 rings (SSSR count). The summed E-state index contributed by atoms with van der Waals surface area (Å²) >= 11 is 7.54. The first-order chi connectivity index (χ1) is 16.1. The van der Waals surface area contributed by atoms with Crippen LogP contribution < -0.4 is 9.64 Å². The number of carbonyl (C=O) groups excluding carboxylic acids is 1. The molecule has 0 spiro atoms. The summed E-state index contributed by atoms with van der Waals surface area (Å²) in [6, 6.07) is 12.1. The van der Waals surface area contributed by atoms with Gasteiger partial charge < -0.3 is 14.7 Å². The Balaban J connectivity index is 1.71. The van der Waals surface area contributed by atoms with Crippen molar-refractivity contribution in [3.63, 3.8) is 0 Å². The number of aliphatic carboxylic acids is 1. The van der Waals surface area contributed by atoms with Crippen molar-refractivity contribution in [2.24, 2.45) is 4.99 Å². The van der Waals surface area contributed by atoms with Crippen molar-refractivity contribution < 1.29 is 27.9 Å². The summed E-state index contributed by atoms with van der Waals surface area (Å²) < 4.78 is 30.9. The Morgan fingerprint density at radius 3 is 2.74 bits per heavy atom. The molecule has 2 aromatic rings. The first-order valence-electron chi connectivity index (χ1n) is 10.6. The highest BCUT2D eigenvalue weighted by Gasteiger charge is 2.50. The molecule has 11 heteroatoms. The number of carboxylic acids is 1. The van der Waals surface area contributed by atoms with E-state index in [1.54, 1.807) is 23.1 Å². The highest BCUT2D eigenvalue weighted by atomic mass is 35.5. The molecule has 2 heterocycles. The van der Waals surface area contributed by atoms with Crippen LogP contribution in [-0.2, 0) is 19.4 Å². The summed E-state index contributed by atoms with van der Waals surface area (Å²) in [6.45, 7) is 1.95. The van der Waals surface area contributed by atoms with E-state index in [0.29, 0.717) is 27.4 Å². The zero-order valence-corrected chi connectivity index (χ0v) is 20.7. The van der Waals surface area contributed by atoms with E-state index in [9.17, 15) is 18.0 Å². The number of benzene rings is 2. The minimum absolute atomic E-state index is 0.0139. The van der Waals surface area contributed by atoms with Crippen molar-refractivity contribution >= 4 is 55.9 Å². The molecule has 1 N–H and O–H groups in total. The van der Waals surface area contributed by atoms with Crippen molar-refractivity contribution in [3.05, 3.63) is 53.1 Å². The molecule has 0 saturated carbocycles. The van der Waals surface area contributed by atoms with Crippen LogP contribution in [0.3, 0.4) is 0 Å². The monoisotopic (exact) mass is 522 g/mol. The van der Waals surface area contributed by atoms with E-state index in [-0.39, 0.29) is 36.0 Å². The fraction of sp³-hybridized carbons (Fsp3) is 0.348. The maximum atomic E-state index is 12.5. The number of halogens is 1. The van der Waals surface area contributed by atoms with Gasteiger partial charge in [-0.2, -0.15) is 4.99 Å². The predicted octanol–water partition coefficient (Wildman–Crippen LogP) is 4.30. The number of nitrogens with zero attached hydrogens (tertiary/aromatic N) is 2. The van der Waals surface area contributed by atoms with E-state index in [0.717, 1.165) is 5.56 Å². The quantitative estimate of drug-likeness (QED) is 0.572. The fourth-order valence-corrected chi connectivity index (χ4v) is 8.06. The minimum Gasteiger partial charge on any atom is -0.481 e. The Kier molecular flexibility index (Phi) is 7.20. The third-order valence-electron chi connectivity index (χ3n) is 5.47. The van der Waals surface area contributed by atoms with Gasteiger partial charge in [-0.05, 0) is 49.2 Å². The van der Waals surface area contributed by atoms with Gasteiger partial charge in [-0.15, -0.1) is 0 Å². The third kappa shape index (κ3) is 5.73. The molecule has 2 atom stereocenters. The number of hydrogen-bond acceptors (Lipinski definition) is 6. The largest absolute Gasteiger partial charge is 0.481 e. The number of carbonyl (C=O) groups is 2. The summed E-state index contributed by atoms with van der Waals surface area (Å²) in [4.78, 5) is 29.2. The molecule has 0 aromatic heterocycles. The fourth-order valence-electron chi connectivity index (χ4n) is 3.97. The molecule has 2 fully saturated rings. The summed E-state index contributed by atoms with van der Waals surface area (Å²) in [7, 11) is -3.25. The molecule has 2 saturated heterocycles. The van der Waals surface area contributed by atoms with E-state index in [4.69, 9.17) is 21.4 Å². The number of carboxylic acid groups (broad SMARTS) is 1. The number of aryl methyl sites for hydroxylation is 1. The summed E-state index contributed by atoms with van der Waals surface area (Å²) in [5.74, 6) is -0.470. The van der Waals surface area contributed by atoms with E-state index in [1.165, 1.54) is 11.8 Å². The van der Waals surface area contributed by atoms with Gasteiger partial charge in [0.25, 0.3) is 0 Å². The van der Waals surface area contributed by atoms with Gasteiger partial charge in [-0.25, -0.2) is 8.42 Å². The van der Waals surface area contributed by atoms with E-state index in [2.05, 4.69) is 4.99 Å². The van der Waals surface area contributed by atoms with E-state index < -0.39 is 27.8 Å². The average Bonchev–Trinajstić information content (AvgIpc) is 3.19. The lowest BCUT2D eigenvalue weighted by molar-refractivity contribution is -0.137. The van der Waals surface area contributed by atoms with Crippen LogP contribution in [0.5, 0.6) is 11.5 Å². The van der Waals surface area contributed by atoms with E-state index in [1.807, 2.05) is 31.2 Å². The molecule has 0 radical (unpaired) electrons. The number of ether oxygens (including phenoxy) is 1. The van der Waals surface area contributed by atoms with Gasteiger partial charge in [0.05, 0.1) is 23.2 Å². The Hall–Kier alpha value is -2.56. The number of sulfone groups is 1. The molecule has 0 bridgehead atoms. The Morgan fingerprint density at radius 1 is 1.21 bits per heavy atom. The third-order valence-corrected chi connectivity index (χ3v) is 8.91. The van der Waals surface area contributed by atoms with Crippen LogP contribution in [0.15, 0.2) is 47.5 Å². The van der Waals surface area contributed by atoms with Gasteiger partial charge in [0, 0.05) is 23.1 Å². The molecular weight excluding hydrogens is 500 g/mol. The molecule has 2 aliphatic heterocycles. The second-order valence-corrected chi connectivity index (χ2v) is 12.0. The highest BCUT2D eigenvalue weighted by Crippen LogP contribution is 2.45. The summed E-state index contributed by atoms with van der Waals surface area (Å²) in [5.41, 5.74) is 1.53. The summed E-state index contributed by atoms with van der Waals surface area (Å²) in [6.07, 6.45) is 0.0372. The van der Waals surface area contributed by atoms with Crippen LogP contribution in [0.2, 0.25) is 5.02 Å². The van der Waals surface area contributed by atoms with Gasteiger partial charge in [0.2, 0.25) is 5.91 Å². The van der Waals surface area contributed by atoms with Gasteiger partial charge in [-0.1, -0.05) is 35.5 Å². The molecule has 180 valence electrons. The normalized spacial score (nSPS) is 22.1. The Labute approximate surface area is 206 Å². The number of amidine groups is 1. The van der Waals surface area contributed by atoms with Crippen LogP contribution in [0.1, 0.15) is 24.8 Å². The van der Waals surface area contributed by atoms with Crippen molar-refractivity contribution in [2.45, 2.75) is 37.5 Å². The molecule has 2 unspecified atom stereocenters. The second kappa shape index (κ2) is 9.97. The van der Waals surface area contributed by atoms with Crippen LogP contribution in [0.25, 0.3) is 0 Å². The summed E-state index contributed by atoms with van der Waals surface area (Å²) in [5, 5.41) is 9.31. The molecule has 0 aliphatic carbocycles. The number of fused-ring (bicyclic) bond motifs is 1. The van der Waals surface area contributed by atoms with Crippen molar-refractivity contribution in [1.82, 2.24) is 0 Å². The molecule has 1 amide bonds. The Morgan fingerprint density at radius 2 is 2.00 bits per heavy atom. The highest BCUT2D eigenvalue weighted by molar-refractivity contribution is 8.16. The zero-order chi connectivity index (χ0) is 24.5. The Bertz CT molecular complexity index is 1260. The first kappa shape index (κ1) is 24.6. The molecule has 2 aliphatic rings. The lowest BCUT2D eigenvalue weighted by Crippen LogP contribution is -2.38. The van der Waals surface area contributed by atoms with E-state index >= 15 is 0 Å². The molecule has 2 aromatic carbocycles. The van der Waals surface area contributed by atoms with Gasteiger partial charge in [-0.3, -0.25) is 9.59 Å². The van der Waals surface area contributed by atoms with Crippen molar-refractivity contribution in [3.8, 4) is 11.5 Å². The molecule has 8 nitrogen and oxygen atoms in total. The number of thioether (sulfide) groups is 1.